The number of aliphatic hydroxyl groups is 1. The first-order valence-corrected chi connectivity index (χ1v) is 6.87. The van der Waals surface area contributed by atoms with E-state index in [4.69, 9.17) is 0 Å². The molecule has 1 heterocycles. The second-order valence-electron chi connectivity index (χ2n) is 4.58. The molecule has 88 valence electrons. The Morgan fingerprint density at radius 1 is 1.29 bits per heavy atom. The van der Waals surface area contributed by atoms with E-state index in [0.717, 1.165) is 10.7 Å². The number of hydrogen-bond donors (Lipinski definition) is 1. The predicted octanol–water partition coefficient (Wildman–Crippen LogP) is 3.35. The van der Waals surface area contributed by atoms with Crippen molar-refractivity contribution in [3.8, 4) is 11.3 Å². The summed E-state index contributed by atoms with van der Waals surface area (Å²) in [4.78, 5) is 4.47. The molecule has 1 atom stereocenters. The Morgan fingerprint density at radius 3 is 2.88 bits per heavy atom. The molecule has 17 heavy (non-hydrogen) atoms. The van der Waals surface area contributed by atoms with Crippen molar-refractivity contribution in [1.82, 2.24) is 4.98 Å². The van der Waals surface area contributed by atoms with Crippen LogP contribution in [0.2, 0.25) is 0 Å². The molecule has 0 saturated heterocycles. The lowest BCUT2D eigenvalue weighted by atomic mass is 10.1. The average molecular weight is 245 g/mol. The molecule has 1 aliphatic carbocycles. The van der Waals surface area contributed by atoms with Gasteiger partial charge in [-0.05, 0) is 43.4 Å². The topological polar surface area (TPSA) is 33.1 Å². The number of rotatable bonds is 2. The van der Waals surface area contributed by atoms with Gasteiger partial charge in [0.2, 0.25) is 0 Å². The Labute approximate surface area is 105 Å². The number of hydrogen-bond acceptors (Lipinski definition) is 3. The Balaban J connectivity index is 1.97. The van der Waals surface area contributed by atoms with Gasteiger partial charge >= 0.3 is 0 Å². The first-order valence-electron chi connectivity index (χ1n) is 6.00. The van der Waals surface area contributed by atoms with Crippen molar-refractivity contribution in [2.45, 2.75) is 32.3 Å². The summed E-state index contributed by atoms with van der Waals surface area (Å²) in [5.74, 6) is 0. The Bertz CT molecular complexity index is 545. The van der Waals surface area contributed by atoms with Crippen LogP contribution >= 0.6 is 11.3 Å². The fourth-order valence-electron chi connectivity index (χ4n) is 2.34. The van der Waals surface area contributed by atoms with Gasteiger partial charge < -0.3 is 5.11 Å². The van der Waals surface area contributed by atoms with Gasteiger partial charge in [-0.1, -0.05) is 12.1 Å². The van der Waals surface area contributed by atoms with Gasteiger partial charge in [-0.25, -0.2) is 4.98 Å². The van der Waals surface area contributed by atoms with Crippen molar-refractivity contribution in [3.63, 3.8) is 0 Å². The van der Waals surface area contributed by atoms with E-state index in [9.17, 15) is 5.11 Å². The normalized spacial score (nSPS) is 15.9. The van der Waals surface area contributed by atoms with E-state index < -0.39 is 6.10 Å². The molecular formula is C14H15NOS. The summed E-state index contributed by atoms with van der Waals surface area (Å²) in [6.07, 6.45) is 3.21. The summed E-state index contributed by atoms with van der Waals surface area (Å²) < 4.78 is 0. The Hall–Kier alpha value is -1.19. The fraction of sp³-hybridized carbons (Fsp3) is 0.357. The number of fused-ring (bicyclic) bond motifs is 1. The Morgan fingerprint density at radius 2 is 2.12 bits per heavy atom. The van der Waals surface area contributed by atoms with Crippen LogP contribution in [0, 0.1) is 0 Å². The molecule has 1 aromatic carbocycles. The fourth-order valence-corrected chi connectivity index (χ4v) is 3.11. The van der Waals surface area contributed by atoms with Gasteiger partial charge in [0, 0.05) is 10.9 Å². The monoisotopic (exact) mass is 245 g/mol. The SMILES string of the molecule is CC(O)c1nc(-c2ccc3c(c2)CCC3)cs1. The number of nitrogens with zero attached hydrogens (tertiary/aromatic N) is 1. The van der Waals surface area contributed by atoms with Gasteiger partial charge in [0.05, 0.1) is 5.69 Å². The zero-order valence-electron chi connectivity index (χ0n) is 9.81. The van der Waals surface area contributed by atoms with E-state index in [1.54, 1.807) is 6.92 Å². The van der Waals surface area contributed by atoms with Crippen LogP contribution in [0.15, 0.2) is 23.6 Å². The van der Waals surface area contributed by atoms with E-state index in [-0.39, 0.29) is 0 Å². The largest absolute Gasteiger partial charge is 0.386 e. The van der Waals surface area contributed by atoms with Crippen LogP contribution in [-0.4, -0.2) is 10.1 Å². The molecule has 0 aliphatic heterocycles. The maximum Gasteiger partial charge on any atom is 0.122 e. The van der Waals surface area contributed by atoms with Crippen molar-refractivity contribution in [2.75, 3.05) is 0 Å². The van der Waals surface area contributed by atoms with Gasteiger partial charge in [-0.3, -0.25) is 0 Å². The molecule has 0 fully saturated rings. The minimum Gasteiger partial charge on any atom is -0.386 e. The summed E-state index contributed by atoms with van der Waals surface area (Å²) in [6, 6.07) is 6.62. The van der Waals surface area contributed by atoms with E-state index in [1.165, 1.54) is 47.3 Å². The quantitative estimate of drug-likeness (QED) is 0.880. The summed E-state index contributed by atoms with van der Waals surface area (Å²) in [5.41, 5.74) is 5.11. The van der Waals surface area contributed by atoms with Crippen LogP contribution in [0.5, 0.6) is 0 Å². The van der Waals surface area contributed by atoms with Crippen molar-refractivity contribution in [2.24, 2.45) is 0 Å². The zero-order valence-corrected chi connectivity index (χ0v) is 10.6. The Kier molecular flexibility index (Phi) is 2.73. The standard InChI is InChI=1S/C14H15NOS/c1-9(16)14-15-13(8-17-14)12-6-5-10-3-2-4-11(10)7-12/h5-9,16H,2-4H2,1H3. The molecule has 3 rings (SSSR count). The molecule has 1 N–H and O–H groups in total. The van der Waals surface area contributed by atoms with Gasteiger partial charge in [0.25, 0.3) is 0 Å². The summed E-state index contributed by atoms with van der Waals surface area (Å²) in [6.45, 7) is 1.76. The smallest absolute Gasteiger partial charge is 0.122 e. The molecule has 0 saturated carbocycles. The highest BCUT2D eigenvalue weighted by Gasteiger charge is 2.13. The second kappa shape index (κ2) is 4.24. The van der Waals surface area contributed by atoms with Crippen molar-refractivity contribution >= 4 is 11.3 Å². The van der Waals surface area contributed by atoms with Crippen LogP contribution in [0.3, 0.4) is 0 Å². The molecule has 2 nitrogen and oxygen atoms in total. The summed E-state index contributed by atoms with van der Waals surface area (Å²) >= 11 is 1.52. The first kappa shape index (κ1) is 10.9. The third-order valence-corrected chi connectivity index (χ3v) is 4.29. The van der Waals surface area contributed by atoms with Crippen molar-refractivity contribution < 1.29 is 5.11 Å². The zero-order chi connectivity index (χ0) is 11.8. The van der Waals surface area contributed by atoms with Crippen molar-refractivity contribution in [1.29, 1.82) is 0 Å². The molecule has 1 unspecified atom stereocenters. The highest BCUT2D eigenvalue weighted by Crippen LogP contribution is 2.29. The number of aromatic nitrogens is 1. The maximum absolute atomic E-state index is 9.49. The van der Waals surface area contributed by atoms with Gasteiger partial charge in [0.15, 0.2) is 0 Å². The number of thiazole rings is 1. The van der Waals surface area contributed by atoms with Crippen LogP contribution < -0.4 is 0 Å². The summed E-state index contributed by atoms with van der Waals surface area (Å²) in [7, 11) is 0. The van der Waals surface area contributed by atoms with Crippen LogP contribution in [-0.2, 0) is 12.8 Å². The van der Waals surface area contributed by atoms with Crippen LogP contribution in [0.25, 0.3) is 11.3 Å². The van der Waals surface area contributed by atoms with Crippen LogP contribution in [0.4, 0.5) is 0 Å². The highest BCUT2D eigenvalue weighted by molar-refractivity contribution is 7.10. The lowest BCUT2D eigenvalue weighted by Gasteiger charge is -2.02. The number of aryl methyl sites for hydroxylation is 2. The van der Waals surface area contributed by atoms with Gasteiger partial charge in [0.1, 0.15) is 11.1 Å². The lowest BCUT2D eigenvalue weighted by Crippen LogP contribution is -1.90. The number of aliphatic hydroxyl groups excluding tert-OH is 1. The minimum atomic E-state index is -0.469. The lowest BCUT2D eigenvalue weighted by molar-refractivity contribution is 0.199. The van der Waals surface area contributed by atoms with Crippen LogP contribution in [0.1, 0.15) is 35.6 Å². The molecule has 0 amide bonds. The van der Waals surface area contributed by atoms with E-state index in [1.807, 2.05) is 5.38 Å². The molecule has 0 bridgehead atoms. The minimum absolute atomic E-state index is 0.469. The predicted molar refractivity (Wildman–Crippen MR) is 70.2 cm³/mol. The van der Waals surface area contributed by atoms with Gasteiger partial charge in [-0.15, -0.1) is 11.3 Å². The van der Waals surface area contributed by atoms with E-state index >= 15 is 0 Å². The van der Waals surface area contributed by atoms with Crippen molar-refractivity contribution in [3.05, 3.63) is 39.7 Å². The molecule has 2 aromatic rings. The molecule has 0 radical (unpaired) electrons. The number of benzene rings is 1. The van der Waals surface area contributed by atoms with E-state index in [0.29, 0.717) is 0 Å². The third kappa shape index (κ3) is 2.01. The third-order valence-electron chi connectivity index (χ3n) is 3.27. The second-order valence-corrected chi connectivity index (χ2v) is 5.47. The first-order chi connectivity index (χ1) is 8.24. The van der Waals surface area contributed by atoms with Gasteiger partial charge in [-0.2, -0.15) is 0 Å². The van der Waals surface area contributed by atoms with E-state index in [2.05, 4.69) is 23.2 Å². The molecule has 1 aromatic heterocycles. The average Bonchev–Trinajstić information content (AvgIpc) is 2.97. The molecule has 3 heteroatoms. The summed E-state index contributed by atoms with van der Waals surface area (Å²) in [5, 5.41) is 12.3. The molecule has 1 aliphatic rings. The molecule has 0 spiro atoms. The highest BCUT2D eigenvalue weighted by atomic mass is 32.1. The maximum atomic E-state index is 9.49. The molecular weight excluding hydrogens is 230 g/mol.